The Balaban J connectivity index is 2.35. The zero-order valence-electron chi connectivity index (χ0n) is 10.9. The van der Waals surface area contributed by atoms with Crippen LogP contribution >= 0.6 is 7.37 Å². The van der Waals surface area contributed by atoms with Gasteiger partial charge in [0.25, 0.3) is 7.37 Å². The molecule has 1 radical (unpaired) electrons. The van der Waals surface area contributed by atoms with Crippen molar-refractivity contribution in [2.45, 2.75) is 13.3 Å². The first kappa shape index (κ1) is 12.5. The number of rotatable bonds is 2. The van der Waals surface area contributed by atoms with Gasteiger partial charge in [0.05, 0.1) is 5.30 Å². The molecule has 97 valence electrons. The number of hydrogen-bond donors (Lipinski definition) is 0. The molecule has 2 nitrogen and oxygen atoms in total. The molecule has 1 atom stereocenters. The zero-order valence-corrected chi connectivity index (χ0v) is 11.8. The van der Waals surface area contributed by atoms with Crippen molar-refractivity contribution in [3.8, 4) is 16.9 Å². The van der Waals surface area contributed by atoms with Crippen LogP contribution in [0.15, 0.2) is 42.5 Å². The molecule has 1 aliphatic rings. The third-order valence-corrected chi connectivity index (χ3v) is 6.03. The quantitative estimate of drug-likeness (QED) is 0.770. The van der Waals surface area contributed by atoms with E-state index in [4.69, 9.17) is 4.52 Å². The molecule has 0 spiro atoms. The largest absolute Gasteiger partial charge is 0.439 e. The summed E-state index contributed by atoms with van der Waals surface area (Å²) in [5.41, 5.74) is 3.22. The molecule has 0 bridgehead atoms. The first-order chi connectivity index (χ1) is 9.19. The van der Waals surface area contributed by atoms with Crippen LogP contribution in [-0.4, -0.2) is 6.16 Å². The molecular formula is C16H16O2P. The molecule has 1 aliphatic heterocycles. The van der Waals surface area contributed by atoms with E-state index < -0.39 is 7.37 Å². The van der Waals surface area contributed by atoms with E-state index in [2.05, 4.69) is 6.92 Å². The van der Waals surface area contributed by atoms with Crippen LogP contribution in [0.25, 0.3) is 11.1 Å². The third kappa shape index (κ3) is 1.82. The van der Waals surface area contributed by atoms with Crippen LogP contribution in [0.1, 0.15) is 12.5 Å². The van der Waals surface area contributed by atoms with Crippen LogP contribution in [0.3, 0.4) is 0 Å². The van der Waals surface area contributed by atoms with Gasteiger partial charge in [0.1, 0.15) is 5.75 Å². The lowest BCUT2D eigenvalue weighted by atomic mass is 9.97. The minimum Gasteiger partial charge on any atom is -0.439 e. The maximum absolute atomic E-state index is 12.9. The maximum atomic E-state index is 12.9. The van der Waals surface area contributed by atoms with E-state index in [9.17, 15) is 4.57 Å². The average molecular weight is 271 g/mol. The first-order valence-electron chi connectivity index (χ1n) is 6.49. The third-order valence-electron chi connectivity index (χ3n) is 3.58. The van der Waals surface area contributed by atoms with E-state index in [1.807, 2.05) is 49.4 Å². The molecule has 3 heteroatoms. The molecule has 0 N–H and O–H groups in total. The molecule has 1 heterocycles. The van der Waals surface area contributed by atoms with E-state index in [1.165, 1.54) is 0 Å². The fourth-order valence-electron chi connectivity index (χ4n) is 2.59. The minimum absolute atomic E-state index is 0.512. The predicted octanol–water partition coefficient (Wildman–Crippen LogP) is 4.05. The van der Waals surface area contributed by atoms with Gasteiger partial charge in [-0.25, -0.2) is 0 Å². The SMILES string of the molecule is [CH2]Cc1cccc2c1-c1ccccc1P(=O)(CC)O2. The fourth-order valence-corrected chi connectivity index (χ4v) is 4.50. The minimum atomic E-state index is -2.77. The highest BCUT2D eigenvalue weighted by atomic mass is 31.2. The highest BCUT2D eigenvalue weighted by molar-refractivity contribution is 7.67. The van der Waals surface area contributed by atoms with E-state index in [0.717, 1.165) is 27.7 Å². The molecule has 0 saturated carbocycles. The Hall–Kier alpha value is -1.53. The lowest BCUT2D eigenvalue weighted by molar-refractivity contribution is 0.492. The molecule has 3 rings (SSSR count). The second-order valence-corrected chi connectivity index (χ2v) is 7.28. The summed E-state index contributed by atoms with van der Waals surface area (Å²) in [6, 6.07) is 13.7. The van der Waals surface area contributed by atoms with Crippen LogP contribution < -0.4 is 9.83 Å². The number of fused-ring (bicyclic) bond motifs is 3. The Morgan fingerprint density at radius 1 is 1.16 bits per heavy atom. The summed E-state index contributed by atoms with van der Waals surface area (Å²) in [7, 11) is -2.77. The van der Waals surface area contributed by atoms with Crippen molar-refractivity contribution in [3.63, 3.8) is 0 Å². The highest BCUT2D eigenvalue weighted by Crippen LogP contribution is 2.54. The second kappa shape index (κ2) is 4.54. The first-order valence-corrected chi connectivity index (χ1v) is 8.30. The van der Waals surface area contributed by atoms with E-state index in [0.29, 0.717) is 12.6 Å². The molecule has 0 fully saturated rings. The van der Waals surface area contributed by atoms with Gasteiger partial charge in [-0.05, 0) is 36.6 Å². The van der Waals surface area contributed by atoms with Gasteiger partial charge in [0.2, 0.25) is 0 Å². The Labute approximate surface area is 113 Å². The lowest BCUT2D eigenvalue weighted by Gasteiger charge is -2.29. The Morgan fingerprint density at radius 3 is 2.68 bits per heavy atom. The summed E-state index contributed by atoms with van der Waals surface area (Å²) in [6.45, 7) is 5.88. The standard InChI is InChI=1S/C16H16O2P/c1-3-12-8-7-10-14-16(12)13-9-5-6-11-15(13)19(17,4-2)18-14/h5-11H,1,3-4H2,2H3. The monoisotopic (exact) mass is 271 g/mol. The van der Waals surface area contributed by atoms with Gasteiger partial charge in [-0.3, -0.25) is 4.57 Å². The normalized spacial score (nSPS) is 20.3. The van der Waals surface area contributed by atoms with Crippen molar-refractivity contribution in [2.75, 3.05) is 6.16 Å². The summed E-state index contributed by atoms with van der Waals surface area (Å²) in [5.74, 6) is 0.727. The molecule has 2 aromatic rings. The number of benzene rings is 2. The Bertz CT molecular complexity index is 676. The Kier molecular flexibility index (Phi) is 2.99. The van der Waals surface area contributed by atoms with Crippen molar-refractivity contribution in [1.82, 2.24) is 0 Å². The van der Waals surface area contributed by atoms with Gasteiger partial charge in [-0.1, -0.05) is 37.3 Å². The van der Waals surface area contributed by atoms with Gasteiger partial charge in [0.15, 0.2) is 0 Å². The van der Waals surface area contributed by atoms with Crippen molar-refractivity contribution in [3.05, 3.63) is 55.0 Å². The van der Waals surface area contributed by atoms with Crippen LogP contribution in [0.2, 0.25) is 0 Å². The summed E-state index contributed by atoms with van der Waals surface area (Å²) in [6.07, 6.45) is 1.20. The molecular weight excluding hydrogens is 255 g/mol. The Morgan fingerprint density at radius 2 is 1.95 bits per heavy atom. The topological polar surface area (TPSA) is 26.3 Å². The van der Waals surface area contributed by atoms with Gasteiger partial charge in [-0.2, -0.15) is 0 Å². The number of hydrogen-bond acceptors (Lipinski definition) is 2. The fraction of sp³-hybridized carbons (Fsp3) is 0.188. The molecule has 1 unspecified atom stereocenters. The van der Waals surface area contributed by atoms with E-state index in [-0.39, 0.29) is 0 Å². The summed E-state index contributed by atoms with van der Waals surface area (Å²) < 4.78 is 18.8. The van der Waals surface area contributed by atoms with Gasteiger partial charge in [0, 0.05) is 11.7 Å². The van der Waals surface area contributed by atoms with Crippen LogP contribution in [0.4, 0.5) is 0 Å². The lowest BCUT2D eigenvalue weighted by Crippen LogP contribution is -2.19. The average Bonchev–Trinajstić information content (AvgIpc) is 2.46. The summed E-state index contributed by atoms with van der Waals surface area (Å²) >= 11 is 0. The predicted molar refractivity (Wildman–Crippen MR) is 79.3 cm³/mol. The second-order valence-electron chi connectivity index (χ2n) is 4.64. The summed E-state index contributed by atoms with van der Waals surface area (Å²) in [4.78, 5) is 0. The van der Waals surface area contributed by atoms with Crippen molar-refractivity contribution in [1.29, 1.82) is 0 Å². The van der Waals surface area contributed by atoms with Gasteiger partial charge in [-0.15, -0.1) is 0 Å². The van der Waals surface area contributed by atoms with Gasteiger partial charge < -0.3 is 4.52 Å². The summed E-state index contributed by atoms with van der Waals surface area (Å²) in [5, 5.41) is 0.839. The molecule has 19 heavy (non-hydrogen) atoms. The van der Waals surface area contributed by atoms with Crippen LogP contribution in [-0.2, 0) is 11.0 Å². The van der Waals surface area contributed by atoms with Gasteiger partial charge >= 0.3 is 0 Å². The van der Waals surface area contributed by atoms with Crippen molar-refractivity contribution < 1.29 is 9.09 Å². The maximum Gasteiger partial charge on any atom is 0.277 e. The molecule has 0 saturated heterocycles. The molecule has 0 aliphatic carbocycles. The molecule has 0 amide bonds. The van der Waals surface area contributed by atoms with E-state index >= 15 is 0 Å². The van der Waals surface area contributed by atoms with Crippen LogP contribution in [0.5, 0.6) is 5.75 Å². The molecule has 0 aromatic heterocycles. The van der Waals surface area contributed by atoms with Crippen LogP contribution in [0, 0.1) is 6.92 Å². The highest BCUT2D eigenvalue weighted by Gasteiger charge is 2.34. The molecule has 2 aromatic carbocycles. The smallest absolute Gasteiger partial charge is 0.277 e. The zero-order chi connectivity index (χ0) is 13.5. The van der Waals surface area contributed by atoms with Crippen molar-refractivity contribution >= 4 is 12.7 Å². The van der Waals surface area contributed by atoms with E-state index in [1.54, 1.807) is 0 Å². The van der Waals surface area contributed by atoms with Crippen molar-refractivity contribution in [2.24, 2.45) is 0 Å².